The van der Waals surface area contributed by atoms with Crippen LogP contribution in [0, 0.1) is 6.92 Å². The van der Waals surface area contributed by atoms with Gasteiger partial charge in [-0.1, -0.05) is 18.2 Å². The molecule has 0 aromatic heterocycles. The number of thioether (sulfide) groups is 1. The molecule has 0 spiro atoms. The summed E-state index contributed by atoms with van der Waals surface area (Å²) in [5, 5.41) is 12.6. The molecule has 2 aromatic carbocycles. The Labute approximate surface area is 129 Å². The maximum atomic E-state index is 11.2. The van der Waals surface area contributed by atoms with Crippen molar-refractivity contribution >= 4 is 23.4 Å². The van der Waals surface area contributed by atoms with E-state index in [1.165, 1.54) is 10.5 Å². The molecule has 0 saturated carbocycles. The summed E-state index contributed by atoms with van der Waals surface area (Å²) in [7, 11) is 0. The lowest BCUT2D eigenvalue weighted by molar-refractivity contribution is 0.0696. The Morgan fingerprint density at radius 2 is 1.86 bits per heavy atom. The lowest BCUT2D eigenvalue weighted by Gasteiger charge is -2.18. The molecule has 0 aliphatic rings. The van der Waals surface area contributed by atoms with Gasteiger partial charge in [0.05, 0.1) is 5.56 Å². The Hall–Kier alpha value is -1.94. The number of hydrogen-bond acceptors (Lipinski definition) is 3. The van der Waals surface area contributed by atoms with E-state index < -0.39 is 5.97 Å². The topological polar surface area (TPSA) is 49.3 Å². The van der Waals surface area contributed by atoms with E-state index in [-0.39, 0.29) is 6.04 Å². The van der Waals surface area contributed by atoms with E-state index in [1.54, 1.807) is 23.9 Å². The maximum Gasteiger partial charge on any atom is 0.336 e. The highest BCUT2D eigenvalue weighted by molar-refractivity contribution is 7.98. The minimum Gasteiger partial charge on any atom is -0.478 e. The van der Waals surface area contributed by atoms with Crippen LogP contribution in [0.15, 0.2) is 47.4 Å². The molecular weight excluding hydrogens is 282 g/mol. The van der Waals surface area contributed by atoms with Crippen LogP contribution >= 0.6 is 11.8 Å². The zero-order valence-electron chi connectivity index (χ0n) is 12.4. The van der Waals surface area contributed by atoms with Crippen LogP contribution in [-0.4, -0.2) is 17.3 Å². The number of hydrogen-bond donors (Lipinski definition) is 2. The molecule has 0 bridgehead atoms. The number of carboxylic acids is 1. The van der Waals surface area contributed by atoms with Crippen LogP contribution in [0.5, 0.6) is 0 Å². The lowest BCUT2D eigenvalue weighted by Crippen LogP contribution is -2.09. The fourth-order valence-corrected chi connectivity index (χ4v) is 2.64. The summed E-state index contributed by atoms with van der Waals surface area (Å²) in [5.74, 6) is -0.895. The number of benzene rings is 2. The highest BCUT2D eigenvalue weighted by Crippen LogP contribution is 2.25. The summed E-state index contributed by atoms with van der Waals surface area (Å²) < 4.78 is 0. The summed E-state index contributed by atoms with van der Waals surface area (Å²) in [5.41, 5.74) is 3.13. The summed E-state index contributed by atoms with van der Waals surface area (Å²) in [6, 6.07) is 13.8. The second-order valence-electron chi connectivity index (χ2n) is 4.92. The third-order valence-corrected chi connectivity index (χ3v) is 4.30. The molecule has 2 aromatic rings. The van der Waals surface area contributed by atoms with Crippen molar-refractivity contribution in [1.29, 1.82) is 0 Å². The third kappa shape index (κ3) is 3.58. The van der Waals surface area contributed by atoms with E-state index >= 15 is 0 Å². The van der Waals surface area contributed by atoms with Crippen LogP contribution in [0.2, 0.25) is 0 Å². The molecule has 0 heterocycles. The van der Waals surface area contributed by atoms with Crippen molar-refractivity contribution in [3.05, 3.63) is 59.2 Å². The van der Waals surface area contributed by atoms with Gasteiger partial charge in [0.1, 0.15) is 0 Å². The van der Waals surface area contributed by atoms with E-state index in [2.05, 4.69) is 42.8 Å². The SMILES string of the molecule is CSc1ccc(C(C)Nc2cccc(C(=O)O)c2C)cc1. The van der Waals surface area contributed by atoms with Gasteiger partial charge in [-0.25, -0.2) is 4.79 Å². The molecule has 21 heavy (non-hydrogen) atoms. The molecule has 0 saturated heterocycles. The Bertz CT molecular complexity index is 638. The van der Waals surface area contributed by atoms with E-state index in [0.717, 1.165) is 11.3 Å². The van der Waals surface area contributed by atoms with Gasteiger partial charge in [0.2, 0.25) is 0 Å². The van der Waals surface area contributed by atoms with Crippen LogP contribution in [0.25, 0.3) is 0 Å². The van der Waals surface area contributed by atoms with Gasteiger partial charge < -0.3 is 10.4 Å². The van der Waals surface area contributed by atoms with E-state index in [4.69, 9.17) is 5.11 Å². The van der Waals surface area contributed by atoms with Gasteiger partial charge in [-0.2, -0.15) is 0 Å². The Morgan fingerprint density at radius 3 is 2.43 bits per heavy atom. The highest BCUT2D eigenvalue weighted by atomic mass is 32.2. The molecule has 0 aliphatic heterocycles. The standard InChI is InChI=1S/C17H19NO2S/c1-11-15(17(19)20)5-4-6-16(11)18-12(2)13-7-9-14(21-3)10-8-13/h4-10,12,18H,1-3H3,(H,19,20). The number of rotatable bonds is 5. The molecule has 4 heteroatoms. The molecule has 2 rings (SSSR count). The molecule has 1 atom stereocenters. The van der Waals surface area contributed by atoms with Gasteiger partial charge in [-0.15, -0.1) is 11.8 Å². The fraction of sp³-hybridized carbons (Fsp3) is 0.235. The van der Waals surface area contributed by atoms with Crippen LogP contribution in [-0.2, 0) is 0 Å². The van der Waals surface area contributed by atoms with Crippen molar-refractivity contribution in [2.24, 2.45) is 0 Å². The number of carboxylic acid groups (broad SMARTS) is 1. The number of nitrogens with one attached hydrogen (secondary N) is 1. The largest absolute Gasteiger partial charge is 0.478 e. The predicted molar refractivity (Wildman–Crippen MR) is 88.4 cm³/mol. The predicted octanol–water partition coefficient (Wildman–Crippen LogP) is 4.59. The zero-order chi connectivity index (χ0) is 15.4. The first-order valence-electron chi connectivity index (χ1n) is 6.76. The number of aromatic carboxylic acids is 1. The number of anilines is 1. The van der Waals surface area contributed by atoms with Crippen molar-refractivity contribution in [3.8, 4) is 0 Å². The van der Waals surface area contributed by atoms with Crippen molar-refractivity contribution in [2.75, 3.05) is 11.6 Å². The minimum absolute atomic E-state index is 0.114. The first-order chi connectivity index (χ1) is 10.0. The molecule has 0 fully saturated rings. The van der Waals surface area contributed by atoms with Gasteiger partial charge in [0.25, 0.3) is 0 Å². The van der Waals surface area contributed by atoms with Crippen molar-refractivity contribution in [1.82, 2.24) is 0 Å². The van der Waals surface area contributed by atoms with Gasteiger partial charge in [0.15, 0.2) is 0 Å². The van der Waals surface area contributed by atoms with Crippen LogP contribution < -0.4 is 5.32 Å². The lowest BCUT2D eigenvalue weighted by atomic mass is 10.0. The molecule has 3 nitrogen and oxygen atoms in total. The van der Waals surface area contributed by atoms with Gasteiger partial charge >= 0.3 is 5.97 Å². The highest BCUT2D eigenvalue weighted by Gasteiger charge is 2.12. The smallest absolute Gasteiger partial charge is 0.336 e. The molecule has 0 radical (unpaired) electrons. The van der Waals surface area contributed by atoms with Crippen molar-refractivity contribution in [2.45, 2.75) is 24.8 Å². The fourth-order valence-electron chi connectivity index (χ4n) is 2.23. The molecular formula is C17H19NO2S. The third-order valence-electron chi connectivity index (χ3n) is 3.55. The first kappa shape index (κ1) is 15.4. The summed E-state index contributed by atoms with van der Waals surface area (Å²) >= 11 is 1.72. The first-order valence-corrected chi connectivity index (χ1v) is 7.98. The monoisotopic (exact) mass is 301 g/mol. The van der Waals surface area contributed by atoms with Crippen molar-refractivity contribution in [3.63, 3.8) is 0 Å². The van der Waals surface area contributed by atoms with Crippen LogP contribution in [0.1, 0.15) is 34.5 Å². The van der Waals surface area contributed by atoms with E-state index in [9.17, 15) is 4.79 Å². The average molecular weight is 301 g/mol. The maximum absolute atomic E-state index is 11.2. The van der Waals surface area contributed by atoms with Crippen molar-refractivity contribution < 1.29 is 9.90 Å². The average Bonchev–Trinajstić information content (AvgIpc) is 2.49. The number of carbonyl (C=O) groups is 1. The molecule has 110 valence electrons. The summed E-state index contributed by atoms with van der Waals surface area (Å²) in [4.78, 5) is 12.4. The Kier molecular flexibility index (Phi) is 4.91. The quantitative estimate of drug-likeness (QED) is 0.793. The van der Waals surface area contributed by atoms with E-state index in [0.29, 0.717) is 5.56 Å². The summed E-state index contributed by atoms with van der Waals surface area (Å²) in [6.07, 6.45) is 2.05. The van der Waals surface area contributed by atoms with Crippen LogP contribution in [0.4, 0.5) is 5.69 Å². The molecule has 1 unspecified atom stereocenters. The molecule has 0 amide bonds. The second kappa shape index (κ2) is 6.68. The zero-order valence-corrected chi connectivity index (χ0v) is 13.2. The van der Waals surface area contributed by atoms with Crippen LogP contribution in [0.3, 0.4) is 0 Å². The molecule has 0 aliphatic carbocycles. The minimum atomic E-state index is -0.895. The summed E-state index contributed by atoms with van der Waals surface area (Å²) in [6.45, 7) is 3.90. The Balaban J connectivity index is 2.20. The normalized spacial score (nSPS) is 12.0. The van der Waals surface area contributed by atoms with E-state index in [1.807, 2.05) is 13.0 Å². The second-order valence-corrected chi connectivity index (χ2v) is 5.80. The van der Waals surface area contributed by atoms with Gasteiger partial charge in [-0.05, 0) is 55.5 Å². The Morgan fingerprint density at radius 1 is 1.19 bits per heavy atom. The van der Waals surface area contributed by atoms with Gasteiger partial charge in [-0.3, -0.25) is 0 Å². The van der Waals surface area contributed by atoms with Gasteiger partial charge in [0, 0.05) is 16.6 Å². The molecule has 2 N–H and O–H groups in total.